The number of piperidine rings is 1. The molecule has 8 nitrogen and oxygen atoms in total. The van der Waals surface area contributed by atoms with E-state index in [-0.39, 0.29) is 35.5 Å². The molecule has 4 rings (SSSR count). The van der Waals surface area contributed by atoms with Gasteiger partial charge in [-0.3, -0.25) is 10.2 Å². The van der Waals surface area contributed by atoms with E-state index in [2.05, 4.69) is 10.5 Å². The van der Waals surface area contributed by atoms with Crippen molar-refractivity contribution in [2.75, 3.05) is 18.8 Å². The zero-order valence-corrected chi connectivity index (χ0v) is 23.7. The number of nitrogens with one attached hydrogen (secondary N) is 1. The van der Waals surface area contributed by atoms with Gasteiger partial charge in [0.25, 0.3) is 5.91 Å². The predicted octanol–water partition coefficient (Wildman–Crippen LogP) is 5.83. The molecule has 1 aliphatic heterocycles. The van der Waals surface area contributed by atoms with E-state index in [1.807, 2.05) is 11.9 Å². The summed E-state index contributed by atoms with van der Waals surface area (Å²) in [5, 5.41) is 7.41. The van der Waals surface area contributed by atoms with Crippen LogP contribution in [0.25, 0.3) is 16.9 Å². The van der Waals surface area contributed by atoms with Crippen LogP contribution < -0.4 is 9.61 Å². The molecule has 1 aliphatic rings. The molecular formula is C25H29Cl3N4O4S. The lowest BCUT2D eigenvalue weighted by atomic mass is 10.1. The van der Waals surface area contributed by atoms with Gasteiger partial charge in [-0.15, -0.1) is 12.4 Å². The van der Waals surface area contributed by atoms with Crippen LogP contribution in [0.5, 0.6) is 5.75 Å². The van der Waals surface area contributed by atoms with Crippen molar-refractivity contribution < 1.29 is 17.4 Å². The molecule has 1 saturated heterocycles. The highest BCUT2D eigenvalue weighted by Gasteiger charge is 2.25. The molecule has 0 atom stereocenters. The van der Waals surface area contributed by atoms with Crippen LogP contribution in [-0.4, -0.2) is 48.0 Å². The number of carbonyl (C=O) groups is 1. The number of benzene rings is 2. The second kappa shape index (κ2) is 12.5. The van der Waals surface area contributed by atoms with Crippen molar-refractivity contribution in [3.63, 3.8) is 0 Å². The highest BCUT2D eigenvalue weighted by molar-refractivity contribution is 7.87. The summed E-state index contributed by atoms with van der Waals surface area (Å²) in [6, 6.07) is 11.7. The standard InChI is InChI=1S/C25H28Cl2N4O4S.ClH/c1-3-15-36(33,34)35-20-10-7-18(8-11-20)24-17(2)23(25(32)29-30-13-5-4-6-14-30)28-31(24)22-12-9-19(26)16-21(22)27;/h7-12,16H,3-6,13-15H2,1-2H3,(H,29,32);1H. The minimum atomic E-state index is -3.66. The van der Waals surface area contributed by atoms with Gasteiger partial charge in [0, 0.05) is 29.2 Å². The first-order valence-corrected chi connectivity index (χ1v) is 14.2. The van der Waals surface area contributed by atoms with E-state index < -0.39 is 10.1 Å². The number of amides is 1. The molecule has 1 amide bonds. The van der Waals surface area contributed by atoms with Crippen molar-refractivity contribution in [3.8, 4) is 22.7 Å². The van der Waals surface area contributed by atoms with E-state index >= 15 is 0 Å². The Hall–Kier alpha value is -2.30. The topological polar surface area (TPSA) is 93.5 Å². The van der Waals surface area contributed by atoms with Crippen LogP contribution in [0.1, 0.15) is 48.7 Å². The molecule has 3 aromatic rings. The van der Waals surface area contributed by atoms with Crippen LogP contribution >= 0.6 is 35.6 Å². The van der Waals surface area contributed by atoms with Gasteiger partial charge < -0.3 is 4.18 Å². The molecule has 1 fully saturated rings. The van der Waals surface area contributed by atoms with Crippen LogP contribution in [-0.2, 0) is 10.1 Å². The molecule has 37 heavy (non-hydrogen) atoms. The van der Waals surface area contributed by atoms with E-state index in [1.165, 1.54) is 0 Å². The Morgan fingerprint density at radius 2 is 1.76 bits per heavy atom. The van der Waals surface area contributed by atoms with E-state index in [4.69, 9.17) is 27.4 Å². The number of hydrogen-bond acceptors (Lipinski definition) is 6. The van der Waals surface area contributed by atoms with Gasteiger partial charge in [0.2, 0.25) is 0 Å². The van der Waals surface area contributed by atoms with Crippen LogP contribution in [0.2, 0.25) is 10.0 Å². The number of halogens is 3. The second-order valence-corrected chi connectivity index (χ2v) is 11.2. The first kappa shape index (κ1) is 29.3. The molecule has 1 aromatic heterocycles. The zero-order valence-electron chi connectivity index (χ0n) is 20.5. The Labute approximate surface area is 233 Å². The summed E-state index contributed by atoms with van der Waals surface area (Å²) in [6.45, 7) is 5.19. The summed E-state index contributed by atoms with van der Waals surface area (Å²) in [5.41, 5.74) is 5.81. The number of hydrazine groups is 1. The normalized spacial score (nSPS) is 14.2. The van der Waals surface area contributed by atoms with E-state index in [9.17, 15) is 13.2 Å². The quantitative estimate of drug-likeness (QED) is 0.334. The molecule has 0 saturated carbocycles. The second-order valence-electron chi connectivity index (χ2n) is 8.69. The average Bonchev–Trinajstić information content (AvgIpc) is 3.17. The summed E-state index contributed by atoms with van der Waals surface area (Å²) in [7, 11) is -3.66. The molecule has 2 aromatic carbocycles. The minimum absolute atomic E-state index is 0. The molecule has 2 heterocycles. The molecular weight excluding hydrogens is 559 g/mol. The van der Waals surface area contributed by atoms with Crippen LogP contribution in [0, 0.1) is 6.92 Å². The van der Waals surface area contributed by atoms with Crippen molar-refractivity contribution in [2.24, 2.45) is 0 Å². The summed E-state index contributed by atoms with van der Waals surface area (Å²) < 4.78 is 30.9. The number of nitrogens with zero attached hydrogens (tertiary/aromatic N) is 3. The first-order chi connectivity index (χ1) is 17.2. The summed E-state index contributed by atoms with van der Waals surface area (Å²) in [6.07, 6.45) is 3.67. The Balaban J connectivity index is 0.00000380. The van der Waals surface area contributed by atoms with Gasteiger partial charge in [0.1, 0.15) is 5.75 Å². The Bertz CT molecular complexity index is 1360. The number of aromatic nitrogens is 2. The lowest BCUT2D eigenvalue weighted by Gasteiger charge is -2.26. The Kier molecular flexibility index (Phi) is 9.88. The summed E-state index contributed by atoms with van der Waals surface area (Å²) in [4.78, 5) is 13.2. The molecule has 0 unspecified atom stereocenters. The number of carbonyl (C=O) groups excluding carboxylic acids is 1. The molecule has 200 valence electrons. The zero-order chi connectivity index (χ0) is 25.9. The van der Waals surface area contributed by atoms with Gasteiger partial charge in [-0.25, -0.2) is 9.69 Å². The third kappa shape index (κ3) is 6.97. The van der Waals surface area contributed by atoms with Gasteiger partial charge in [0.05, 0.1) is 22.2 Å². The van der Waals surface area contributed by atoms with Crippen LogP contribution in [0.3, 0.4) is 0 Å². The van der Waals surface area contributed by atoms with Crippen molar-refractivity contribution in [3.05, 3.63) is 63.8 Å². The maximum Gasteiger partial charge on any atom is 0.309 e. The van der Waals surface area contributed by atoms with E-state index in [0.717, 1.165) is 32.4 Å². The SMILES string of the molecule is CCCS(=O)(=O)Oc1ccc(-c2c(C)c(C(=O)NN3CCCCC3)nn2-c2ccc(Cl)cc2Cl)cc1.Cl. The van der Waals surface area contributed by atoms with Crippen LogP contribution in [0.15, 0.2) is 42.5 Å². The van der Waals surface area contributed by atoms with Crippen molar-refractivity contribution >= 4 is 51.6 Å². The van der Waals surface area contributed by atoms with E-state index in [0.29, 0.717) is 39.0 Å². The maximum atomic E-state index is 13.2. The first-order valence-electron chi connectivity index (χ1n) is 11.8. The average molecular weight is 588 g/mol. The van der Waals surface area contributed by atoms with E-state index in [1.54, 1.807) is 54.1 Å². The smallest absolute Gasteiger partial charge is 0.309 e. The largest absolute Gasteiger partial charge is 0.382 e. The highest BCUT2D eigenvalue weighted by atomic mass is 35.5. The van der Waals surface area contributed by atoms with Crippen molar-refractivity contribution in [1.29, 1.82) is 0 Å². The molecule has 0 spiro atoms. The maximum absolute atomic E-state index is 13.2. The summed E-state index contributed by atoms with van der Waals surface area (Å²) in [5.74, 6) is -0.154. The Morgan fingerprint density at radius 1 is 1.08 bits per heavy atom. The van der Waals surface area contributed by atoms with Gasteiger partial charge >= 0.3 is 10.1 Å². The van der Waals surface area contributed by atoms with Gasteiger partial charge in [0.15, 0.2) is 5.69 Å². The fourth-order valence-corrected chi connectivity index (χ4v) is 5.66. The van der Waals surface area contributed by atoms with Crippen molar-refractivity contribution in [2.45, 2.75) is 39.5 Å². The summed E-state index contributed by atoms with van der Waals surface area (Å²) >= 11 is 12.6. The monoisotopic (exact) mass is 586 g/mol. The third-order valence-corrected chi connectivity index (χ3v) is 7.79. The number of rotatable bonds is 8. The highest BCUT2D eigenvalue weighted by Crippen LogP contribution is 2.33. The van der Waals surface area contributed by atoms with Crippen molar-refractivity contribution in [1.82, 2.24) is 20.2 Å². The molecule has 12 heteroatoms. The fraction of sp³-hybridized carbons (Fsp3) is 0.360. The number of hydrogen-bond donors (Lipinski definition) is 1. The lowest BCUT2D eigenvalue weighted by molar-refractivity contribution is 0.0743. The molecule has 0 aliphatic carbocycles. The Morgan fingerprint density at radius 3 is 2.38 bits per heavy atom. The third-order valence-electron chi connectivity index (χ3n) is 5.90. The lowest BCUT2D eigenvalue weighted by Crippen LogP contribution is -2.45. The minimum Gasteiger partial charge on any atom is -0.382 e. The van der Waals surface area contributed by atoms with Gasteiger partial charge in [-0.05, 0) is 68.7 Å². The van der Waals surface area contributed by atoms with Gasteiger partial charge in [-0.1, -0.05) is 36.5 Å². The predicted molar refractivity (Wildman–Crippen MR) is 149 cm³/mol. The van der Waals surface area contributed by atoms with Gasteiger partial charge in [-0.2, -0.15) is 13.5 Å². The molecule has 0 radical (unpaired) electrons. The van der Waals surface area contributed by atoms with Crippen LogP contribution in [0.4, 0.5) is 0 Å². The molecule has 1 N–H and O–H groups in total. The fourth-order valence-electron chi connectivity index (χ4n) is 4.19. The molecule has 0 bridgehead atoms.